The summed E-state index contributed by atoms with van der Waals surface area (Å²) in [5.41, 5.74) is 5.07. The van der Waals surface area contributed by atoms with Crippen LogP contribution in [0.15, 0.2) is 65.3 Å². The van der Waals surface area contributed by atoms with Crippen LogP contribution in [-0.4, -0.2) is 14.8 Å². The number of fused-ring (bicyclic) bond motifs is 1. The van der Waals surface area contributed by atoms with Crippen molar-refractivity contribution in [2.24, 2.45) is 7.05 Å². The topological polar surface area (TPSA) is 55.9 Å². The second kappa shape index (κ2) is 5.61. The first kappa shape index (κ1) is 13.6. The second-order valence-corrected chi connectivity index (χ2v) is 5.44. The summed E-state index contributed by atoms with van der Waals surface area (Å²) in [5, 5.41) is 7.45. The zero-order valence-electron chi connectivity index (χ0n) is 12.7. The summed E-state index contributed by atoms with van der Waals surface area (Å²) in [7, 11) is 1.92. The van der Waals surface area contributed by atoms with Gasteiger partial charge >= 0.3 is 0 Å². The molecular weight excluding hydrogens is 288 g/mol. The summed E-state index contributed by atoms with van der Waals surface area (Å²) in [5.74, 6) is 0. The van der Waals surface area contributed by atoms with Gasteiger partial charge in [-0.15, -0.1) is 0 Å². The summed E-state index contributed by atoms with van der Waals surface area (Å²) in [6.45, 7) is 0.654. The van der Waals surface area contributed by atoms with E-state index in [0.29, 0.717) is 12.6 Å². The predicted molar refractivity (Wildman–Crippen MR) is 90.0 cm³/mol. The number of hydrogen-bond acceptors (Lipinski definition) is 4. The standard InChI is InChI=1S/C18H16N4O/c1-22-12-15(11-20-22)14-6-4-5-13(9-14)10-19-18-21-16-7-2-3-8-17(16)23-18/h2-9,11-12H,10H2,1H3,(H,19,21). The number of hydrogen-bond donors (Lipinski definition) is 1. The van der Waals surface area contributed by atoms with Crippen LogP contribution in [0.1, 0.15) is 5.56 Å². The SMILES string of the molecule is Cn1cc(-c2cccc(CNc3nc4ccccc4o3)c2)cn1. The second-order valence-electron chi connectivity index (χ2n) is 5.44. The van der Waals surface area contributed by atoms with Crippen molar-refractivity contribution in [3.8, 4) is 11.1 Å². The molecule has 4 aromatic rings. The normalized spacial score (nSPS) is 11.0. The highest BCUT2D eigenvalue weighted by atomic mass is 16.4. The summed E-state index contributed by atoms with van der Waals surface area (Å²) < 4.78 is 7.48. The van der Waals surface area contributed by atoms with Crippen LogP contribution >= 0.6 is 0 Å². The molecular formula is C18H16N4O. The highest BCUT2D eigenvalue weighted by Crippen LogP contribution is 2.21. The Morgan fingerprint density at radius 1 is 1.09 bits per heavy atom. The van der Waals surface area contributed by atoms with Gasteiger partial charge in [-0.25, -0.2) is 0 Å². The number of benzene rings is 2. The maximum absolute atomic E-state index is 5.67. The van der Waals surface area contributed by atoms with Crippen molar-refractivity contribution >= 4 is 17.1 Å². The largest absolute Gasteiger partial charge is 0.424 e. The Labute approximate surface area is 133 Å². The van der Waals surface area contributed by atoms with Crippen molar-refractivity contribution in [2.45, 2.75) is 6.54 Å². The highest BCUT2D eigenvalue weighted by molar-refractivity contribution is 5.74. The summed E-state index contributed by atoms with van der Waals surface area (Å²) in [6, 6.07) is 16.6. The number of anilines is 1. The molecule has 0 atom stereocenters. The van der Waals surface area contributed by atoms with Gasteiger partial charge in [0.1, 0.15) is 5.52 Å². The van der Waals surface area contributed by atoms with Gasteiger partial charge in [-0.05, 0) is 29.3 Å². The number of para-hydroxylation sites is 2. The van der Waals surface area contributed by atoms with Crippen LogP contribution in [0.3, 0.4) is 0 Å². The Morgan fingerprint density at radius 3 is 2.83 bits per heavy atom. The van der Waals surface area contributed by atoms with Crippen LogP contribution in [0.4, 0.5) is 6.01 Å². The maximum atomic E-state index is 5.67. The van der Waals surface area contributed by atoms with Gasteiger partial charge < -0.3 is 9.73 Å². The van der Waals surface area contributed by atoms with E-state index in [9.17, 15) is 0 Å². The number of nitrogens with one attached hydrogen (secondary N) is 1. The van der Waals surface area contributed by atoms with Crippen LogP contribution in [0, 0.1) is 0 Å². The van der Waals surface area contributed by atoms with E-state index in [1.54, 1.807) is 4.68 Å². The molecule has 4 rings (SSSR count). The third kappa shape index (κ3) is 2.81. The molecule has 0 saturated carbocycles. The fourth-order valence-electron chi connectivity index (χ4n) is 2.56. The molecule has 0 aliphatic carbocycles. The average Bonchev–Trinajstić information content (AvgIpc) is 3.19. The van der Waals surface area contributed by atoms with Crippen molar-refractivity contribution in [3.63, 3.8) is 0 Å². The van der Waals surface area contributed by atoms with Gasteiger partial charge in [0, 0.05) is 25.4 Å². The van der Waals surface area contributed by atoms with E-state index in [4.69, 9.17) is 4.42 Å². The first-order valence-corrected chi connectivity index (χ1v) is 7.45. The molecule has 2 heterocycles. The lowest BCUT2D eigenvalue weighted by Crippen LogP contribution is -1.99. The van der Waals surface area contributed by atoms with E-state index in [1.165, 1.54) is 0 Å². The third-order valence-corrected chi connectivity index (χ3v) is 3.70. The van der Waals surface area contributed by atoms with Crippen molar-refractivity contribution in [1.82, 2.24) is 14.8 Å². The molecule has 0 aliphatic heterocycles. The minimum atomic E-state index is 0.540. The van der Waals surface area contributed by atoms with Crippen LogP contribution in [0.2, 0.25) is 0 Å². The minimum Gasteiger partial charge on any atom is -0.424 e. The van der Waals surface area contributed by atoms with Crippen molar-refractivity contribution in [3.05, 3.63) is 66.5 Å². The third-order valence-electron chi connectivity index (χ3n) is 3.70. The van der Waals surface area contributed by atoms with Crippen LogP contribution < -0.4 is 5.32 Å². The quantitative estimate of drug-likeness (QED) is 0.622. The molecule has 114 valence electrons. The number of oxazole rings is 1. The van der Waals surface area contributed by atoms with E-state index < -0.39 is 0 Å². The Hall–Kier alpha value is -3.08. The van der Waals surface area contributed by atoms with Crippen molar-refractivity contribution in [2.75, 3.05) is 5.32 Å². The number of nitrogens with zero attached hydrogens (tertiary/aromatic N) is 3. The summed E-state index contributed by atoms with van der Waals surface area (Å²) in [6.07, 6.45) is 3.88. The molecule has 0 fully saturated rings. The lowest BCUT2D eigenvalue weighted by Gasteiger charge is -2.04. The zero-order chi connectivity index (χ0) is 15.6. The van der Waals surface area contributed by atoms with Gasteiger partial charge in [-0.3, -0.25) is 4.68 Å². The van der Waals surface area contributed by atoms with Crippen LogP contribution in [0.5, 0.6) is 0 Å². The lowest BCUT2D eigenvalue weighted by molar-refractivity contribution is 0.614. The highest BCUT2D eigenvalue weighted by Gasteiger charge is 2.05. The van der Waals surface area contributed by atoms with Crippen LogP contribution in [0.25, 0.3) is 22.2 Å². The van der Waals surface area contributed by atoms with Gasteiger partial charge in [0.2, 0.25) is 0 Å². The van der Waals surface area contributed by atoms with E-state index in [1.807, 2.05) is 49.8 Å². The smallest absolute Gasteiger partial charge is 0.295 e. The minimum absolute atomic E-state index is 0.540. The molecule has 0 amide bonds. The number of rotatable bonds is 4. The first-order valence-electron chi connectivity index (χ1n) is 7.45. The molecule has 0 spiro atoms. The fraction of sp³-hybridized carbons (Fsp3) is 0.111. The van der Waals surface area contributed by atoms with Gasteiger partial charge in [-0.1, -0.05) is 30.3 Å². The zero-order valence-corrected chi connectivity index (χ0v) is 12.7. The molecule has 5 heteroatoms. The Bertz CT molecular complexity index is 921. The monoisotopic (exact) mass is 304 g/mol. The number of aromatic nitrogens is 3. The lowest BCUT2D eigenvalue weighted by atomic mass is 10.1. The average molecular weight is 304 g/mol. The summed E-state index contributed by atoms with van der Waals surface area (Å²) in [4.78, 5) is 4.42. The van der Waals surface area contributed by atoms with Gasteiger partial charge in [-0.2, -0.15) is 10.1 Å². The molecule has 2 aromatic carbocycles. The molecule has 1 N–H and O–H groups in total. The molecule has 23 heavy (non-hydrogen) atoms. The molecule has 0 unspecified atom stereocenters. The summed E-state index contributed by atoms with van der Waals surface area (Å²) >= 11 is 0. The van der Waals surface area contributed by atoms with E-state index in [0.717, 1.165) is 27.8 Å². The maximum Gasteiger partial charge on any atom is 0.295 e. The molecule has 0 bridgehead atoms. The number of aryl methyl sites for hydroxylation is 1. The Balaban J connectivity index is 1.52. The fourth-order valence-corrected chi connectivity index (χ4v) is 2.56. The van der Waals surface area contributed by atoms with Gasteiger partial charge in [0.15, 0.2) is 5.58 Å². The molecule has 0 aliphatic rings. The molecule has 0 saturated heterocycles. The molecule has 2 aromatic heterocycles. The van der Waals surface area contributed by atoms with Crippen molar-refractivity contribution in [1.29, 1.82) is 0 Å². The Kier molecular flexibility index (Phi) is 3.31. The molecule has 0 radical (unpaired) electrons. The van der Waals surface area contributed by atoms with Gasteiger partial charge in [0.25, 0.3) is 6.01 Å². The van der Waals surface area contributed by atoms with Crippen molar-refractivity contribution < 1.29 is 4.42 Å². The predicted octanol–water partition coefficient (Wildman–Crippen LogP) is 3.84. The van der Waals surface area contributed by atoms with Crippen LogP contribution in [-0.2, 0) is 13.6 Å². The van der Waals surface area contributed by atoms with E-state index >= 15 is 0 Å². The van der Waals surface area contributed by atoms with Gasteiger partial charge in [0.05, 0.1) is 6.20 Å². The van der Waals surface area contributed by atoms with E-state index in [2.05, 4.69) is 33.6 Å². The molecule has 5 nitrogen and oxygen atoms in total. The van der Waals surface area contributed by atoms with E-state index in [-0.39, 0.29) is 0 Å². The Morgan fingerprint density at radius 2 is 2.00 bits per heavy atom. The first-order chi connectivity index (χ1) is 11.3.